The van der Waals surface area contributed by atoms with Gasteiger partial charge in [0.15, 0.2) is 0 Å². The summed E-state index contributed by atoms with van der Waals surface area (Å²) in [6.45, 7) is 2.36. The van der Waals surface area contributed by atoms with Crippen molar-refractivity contribution in [3.63, 3.8) is 0 Å². The first-order valence-corrected chi connectivity index (χ1v) is 8.58. The Bertz CT molecular complexity index is 904. The Balaban J connectivity index is 1.56. The monoisotopic (exact) mass is 370 g/mol. The summed E-state index contributed by atoms with van der Waals surface area (Å²) in [4.78, 5) is 16.6. The van der Waals surface area contributed by atoms with Crippen molar-refractivity contribution >= 4 is 17.5 Å². The number of hydrogen-bond donors (Lipinski definition) is 1. The van der Waals surface area contributed by atoms with Gasteiger partial charge in [-0.1, -0.05) is 17.7 Å². The molecular formula is C20H19ClN2O3. The number of amides is 1. The van der Waals surface area contributed by atoms with Crippen LogP contribution in [-0.2, 0) is 6.42 Å². The highest BCUT2D eigenvalue weighted by molar-refractivity contribution is 6.31. The fourth-order valence-corrected chi connectivity index (χ4v) is 2.61. The summed E-state index contributed by atoms with van der Waals surface area (Å²) in [5, 5.41) is 3.44. The van der Waals surface area contributed by atoms with Crippen LogP contribution in [0, 0.1) is 6.92 Å². The van der Waals surface area contributed by atoms with E-state index in [0.29, 0.717) is 29.4 Å². The predicted molar refractivity (Wildman–Crippen MR) is 101 cm³/mol. The van der Waals surface area contributed by atoms with E-state index in [1.54, 1.807) is 25.5 Å². The first-order chi connectivity index (χ1) is 12.6. The topological polar surface area (TPSA) is 64.4 Å². The Kier molecular flexibility index (Phi) is 5.58. The highest BCUT2D eigenvalue weighted by atomic mass is 35.5. The molecule has 26 heavy (non-hydrogen) atoms. The Hall–Kier alpha value is -2.79. The van der Waals surface area contributed by atoms with E-state index in [2.05, 4.69) is 10.3 Å². The minimum absolute atomic E-state index is 0.161. The van der Waals surface area contributed by atoms with Crippen LogP contribution in [0.4, 0.5) is 0 Å². The van der Waals surface area contributed by atoms with Gasteiger partial charge in [0.05, 0.1) is 12.8 Å². The van der Waals surface area contributed by atoms with Crippen molar-refractivity contribution in [2.45, 2.75) is 13.3 Å². The molecule has 0 aliphatic heterocycles. The van der Waals surface area contributed by atoms with E-state index in [1.165, 1.54) is 0 Å². The SMILES string of the molecule is COc1ccc(-c2nc(CCNC(=O)c3ccc(C)c(Cl)c3)co2)cc1. The van der Waals surface area contributed by atoms with Crippen LogP contribution < -0.4 is 10.1 Å². The molecule has 0 saturated heterocycles. The van der Waals surface area contributed by atoms with Crippen LogP contribution in [0.5, 0.6) is 5.75 Å². The van der Waals surface area contributed by atoms with E-state index < -0.39 is 0 Å². The second kappa shape index (κ2) is 8.06. The Morgan fingerprint density at radius 3 is 2.69 bits per heavy atom. The number of aryl methyl sites for hydroxylation is 1. The molecule has 3 rings (SSSR count). The van der Waals surface area contributed by atoms with Crippen molar-refractivity contribution in [2.75, 3.05) is 13.7 Å². The lowest BCUT2D eigenvalue weighted by molar-refractivity contribution is 0.0954. The minimum atomic E-state index is -0.161. The van der Waals surface area contributed by atoms with Crippen molar-refractivity contribution in [1.82, 2.24) is 10.3 Å². The average molecular weight is 371 g/mol. The van der Waals surface area contributed by atoms with Crippen molar-refractivity contribution in [1.29, 1.82) is 0 Å². The van der Waals surface area contributed by atoms with Crippen LogP contribution >= 0.6 is 11.6 Å². The molecule has 1 heterocycles. The lowest BCUT2D eigenvalue weighted by Crippen LogP contribution is -2.25. The highest BCUT2D eigenvalue weighted by Crippen LogP contribution is 2.22. The highest BCUT2D eigenvalue weighted by Gasteiger charge is 2.09. The first-order valence-electron chi connectivity index (χ1n) is 8.20. The first kappa shape index (κ1) is 18.0. The third-order valence-electron chi connectivity index (χ3n) is 3.99. The Morgan fingerprint density at radius 1 is 1.23 bits per heavy atom. The third-order valence-corrected chi connectivity index (χ3v) is 4.40. The smallest absolute Gasteiger partial charge is 0.251 e. The Morgan fingerprint density at radius 2 is 2.00 bits per heavy atom. The molecule has 0 aliphatic rings. The van der Waals surface area contributed by atoms with Crippen LogP contribution in [0.25, 0.3) is 11.5 Å². The number of hydrogen-bond acceptors (Lipinski definition) is 4. The molecule has 2 aromatic carbocycles. The largest absolute Gasteiger partial charge is 0.497 e. The summed E-state index contributed by atoms with van der Waals surface area (Å²) in [6.07, 6.45) is 2.18. The molecule has 134 valence electrons. The van der Waals surface area contributed by atoms with Crippen LogP contribution in [0.15, 0.2) is 53.1 Å². The molecule has 0 bridgehead atoms. The van der Waals surface area contributed by atoms with E-state index in [1.807, 2.05) is 37.3 Å². The minimum Gasteiger partial charge on any atom is -0.497 e. The van der Waals surface area contributed by atoms with Gasteiger partial charge in [0.1, 0.15) is 12.0 Å². The maximum absolute atomic E-state index is 12.2. The number of ether oxygens (including phenoxy) is 1. The number of nitrogens with one attached hydrogen (secondary N) is 1. The van der Waals surface area contributed by atoms with E-state index in [4.69, 9.17) is 20.8 Å². The molecule has 1 aromatic heterocycles. The van der Waals surface area contributed by atoms with Gasteiger partial charge >= 0.3 is 0 Å². The summed E-state index contributed by atoms with van der Waals surface area (Å²) in [5.41, 5.74) is 3.13. The number of halogens is 1. The molecule has 1 N–H and O–H groups in total. The molecule has 5 nitrogen and oxygen atoms in total. The predicted octanol–water partition coefficient (Wildman–Crippen LogP) is 4.28. The lowest BCUT2D eigenvalue weighted by Gasteiger charge is -2.05. The van der Waals surface area contributed by atoms with Gasteiger partial charge in [0, 0.05) is 29.1 Å². The van der Waals surface area contributed by atoms with Gasteiger partial charge < -0.3 is 14.5 Å². The maximum Gasteiger partial charge on any atom is 0.251 e. The van der Waals surface area contributed by atoms with Gasteiger partial charge in [0.25, 0.3) is 5.91 Å². The van der Waals surface area contributed by atoms with E-state index in [-0.39, 0.29) is 5.91 Å². The van der Waals surface area contributed by atoms with Gasteiger partial charge in [-0.3, -0.25) is 4.79 Å². The number of benzene rings is 2. The number of oxazole rings is 1. The van der Waals surface area contributed by atoms with Crippen molar-refractivity contribution < 1.29 is 13.9 Å². The third kappa shape index (κ3) is 4.24. The number of carbonyl (C=O) groups is 1. The van der Waals surface area contributed by atoms with Gasteiger partial charge in [-0.05, 0) is 48.9 Å². The summed E-state index contributed by atoms with van der Waals surface area (Å²) < 4.78 is 10.6. The standard InChI is InChI=1S/C20H19ClN2O3/c1-13-3-4-15(11-18(13)21)19(24)22-10-9-16-12-26-20(23-16)14-5-7-17(25-2)8-6-14/h3-8,11-12H,9-10H2,1-2H3,(H,22,24). The van der Waals surface area contributed by atoms with Gasteiger partial charge in [-0.15, -0.1) is 0 Å². The summed E-state index contributed by atoms with van der Waals surface area (Å²) in [7, 11) is 1.62. The number of rotatable bonds is 6. The molecule has 0 saturated carbocycles. The van der Waals surface area contributed by atoms with Gasteiger partial charge in [-0.25, -0.2) is 4.98 Å². The summed E-state index contributed by atoms with van der Waals surface area (Å²) in [5.74, 6) is 1.16. The van der Waals surface area contributed by atoms with Crippen LogP contribution in [0.1, 0.15) is 21.6 Å². The number of aromatic nitrogens is 1. The molecule has 0 spiro atoms. The van der Waals surface area contributed by atoms with Crippen LogP contribution in [-0.4, -0.2) is 24.5 Å². The normalized spacial score (nSPS) is 10.6. The van der Waals surface area contributed by atoms with E-state index in [9.17, 15) is 4.79 Å². The van der Waals surface area contributed by atoms with Crippen molar-refractivity contribution in [2.24, 2.45) is 0 Å². The molecular weight excluding hydrogens is 352 g/mol. The molecule has 0 fully saturated rings. The molecule has 0 unspecified atom stereocenters. The molecule has 1 amide bonds. The molecule has 6 heteroatoms. The zero-order chi connectivity index (χ0) is 18.5. The fraction of sp³-hybridized carbons (Fsp3) is 0.200. The summed E-state index contributed by atoms with van der Waals surface area (Å²) >= 11 is 6.06. The maximum atomic E-state index is 12.2. The second-order valence-electron chi connectivity index (χ2n) is 5.84. The van der Waals surface area contributed by atoms with Gasteiger partial charge in [-0.2, -0.15) is 0 Å². The van der Waals surface area contributed by atoms with E-state index in [0.717, 1.165) is 22.6 Å². The zero-order valence-electron chi connectivity index (χ0n) is 14.6. The van der Waals surface area contributed by atoms with Crippen LogP contribution in [0.2, 0.25) is 5.02 Å². The number of methoxy groups -OCH3 is 1. The average Bonchev–Trinajstić information content (AvgIpc) is 3.13. The summed E-state index contributed by atoms with van der Waals surface area (Å²) in [6, 6.07) is 12.7. The molecule has 0 aliphatic carbocycles. The quantitative estimate of drug-likeness (QED) is 0.703. The van der Waals surface area contributed by atoms with E-state index >= 15 is 0 Å². The number of carbonyl (C=O) groups excluding carboxylic acids is 1. The number of nitrogens with zero attached hydrogens (tertiary/aromatic N) is 1. The molecule has 0 radical (unpaired) electrons. The Labute approximate surface area is 157 Å². The molecule has 0 atom stereocenters. The molecule has 3 aromatic rings. The fourth-order valence-electron chi connectivity index (χ4n) is 2.43. The lowest BCUT2D eigenvalue weighted by atomic mass is 10.1. The van der Waals surface area contributed by atoms with Crippen molar-refractivity contribution in [3.8, 4) is 17.2 Å². The van der Waals surface area contributed by atoms with Gasteiger partial charge in [0.2, 0.25) is 5.89 Å². The van der Waals surface area contributed by atoms with Crippen LogP contribution in [0.3, 0.4) is 0 Å². The zero-order valence-corrected chi connectivity index (χ0v) is 15.3. The van der Waals surface area contributed by atoms with Crippen molar-refractivity contribution in [3.05, 3.63) is 70.6 Å². The second-order valence-corrected chi connectivity index (χ2v) is 6.25.